The van der Waals surface area contributed by atoms with Crippen molar-refractivity contribution in [2.75, 3.05) is 13.1 Å². The molecular formula is C13H17ClN4O3. The molecule has 0 spiro atoms. The lowest BCUT2D eigenvalue weighted by atomic mass is 10.1. The second-order valence-corrected chi connectivity index (χ2v) is 5.24. The number of hydrogen-bond donors (Lipinski definition) is 2. The van der Waals surface area contributed by atoms with Gasteiger partial charge in [-0.3, -0.25) is 14.4 Å². The lowest BCUT2D eigenvalue weighted by Crippen LogP contribution is -2.43. The molecule has 114 valence electrons. The minimum Gasteiger partial charge on any atom is -0.368 e. The topological polar surface area (TPSA) is 119 Å². The molecule has 0 fully saturated rings. The first-order valence-electron chi connectivity index (χ1n) is 6.24. The van der Waals surface area contributed by atoms with Gasteiger partial charge in [-0.2, -0.15) is 0 Å². The first-order chi connectivity index (χ1) is 9.70. The van der Waals surface area contributed by atoms with Crippen molar-refractivity contribution in [1.29, 1.82) is 0 Å². The Kier molecular flexibility index (Phi) is 5.66. The van der Waals surface area contributed by atoms with Crippen LogP contribution in [-0.4, -0.2) is 40.7 Å². The number of carbonyl (C=O) groups excluding carboxylic acids is 3. The molecule has 0 aliphatic carbocycles. The zero-order valence-electron chi connectivity index (χ0n) is 11.8. The van der Waals surface area contributed by atoms with Crippen LogP contribution in [0.25, 0.3) is 0 Å². The van der Waals surface area contributed by atoms with Crippen LogP contribution in [0.3, 0.4) is 0 Å². The summed E-state index contributed by atoms with van der Waals surface area (Å²) in [5.41, 5.74) is 11.0. The summed E-state index contributed by atoms with van der Waals surface area (Å²) in [4.78, 5) is 39.5. The fourth-order valence-electron chi connectivity index (χ4n) is 1.69. The summed E-state index contributed by atoms with van der Waals surface area (Å²) in [6.45, 7) is 2.99. The second kappa shape index (κ2) is 7.03. The maximum absolute atomic E-state index is 12.4. The van der Waals surface area contributed by atoms with Crippen LogP contribution in [0.15, 0.2) is 12.1 Å². The number of halogens is 1. The average molecular weight is 313 g/mol. The molecule has 7 nitrogen and oxygen atoms in total. The molecule has 0 aliphatic rings. The Morgan fingerprint density at radius 3 is 2.14 bits per heavy atom. The van der Waals surface area contributed by atoms with Crippen molar-refractivity contribution < 1.29 is 14.4 Å². The highest BCUT2D eigenvalue weighted by molar-refractivity contribution is 6.29. The molecule has 0 atom stereocenters. The summed E-state index contributed by atoms with van der Waals surface area (Å²) >= 11 is 5.89. The van der Waals surface area contributed by atoms with E-state index in [0.717, 1.165) is 4.90 Å². The number of amides is 3. The third-order valence-electron chi connectivity index (χ3n) is 2.63. The number of pyridine rings is 1. The lowest BCUT2D eigenvalue weighted by molar-refractivity contribution is -0.121. The van der Waals surface area contributed by atoms with Crippen molar-refractivity contribution in [3.8, 4) is 0 Å². The smallest absolute Gasteiger partial charge is 0.254 e. The SMILES string of the molecule is CC(C)c1cc(C(=O)N(CC(N)=O)CC(N)=O)cc(Cl)n1. The van der Waals surface area contributed by atoms with Gasteiger partial charge < -0.3 is 16.4 Å². The minimum absolute atomic E-state index is 0.0657. The van der Waals surface area contributed by atoms with Gasteiger partial charge in [-0.1, -0.05) is 25.4 Å². The van der Waals surface area contributed by atoms with Crippen LogP contribution in [0.1, 0.15) is 35.8 Å². The molecule has 1 rings (SSSR count). The van der Waals surface area contributed by atoms with Crippen LogP contribution in [0.4, 0.5) is 0 Å². The van der Waals surface area contributed by atoms with E-state index in [2.05, 4.69) is 4.98 Å². The number of nitrogens with two attached hydrogens (primary N) is 2. The molecule has 0 unspecified atom stereocenters. The Labute approximate surface area is 127 Å². The highest BCUT2D eigenvalue weighted by atomic mass is 35.5. The standard InChI is InChI=1S/C13H17ClN4O3/c1-7(2)9-3-8(4-10(14)17-9)13(21)18(5-11(15)19)6-12(16)20/h3-4,7H,5-6H2,1-2H3,(H2,15,19)(H2,16,20). The largest absolute Gasteiger partial charge is 0.368 e. The van der Waals surface area contributed by atoms with E-state index in [4.69, 9.17) is 23.1 Å². The molecule has 3 amide bonds. The van der Waals surface area contributed by atoms with Crippen molar-refractivity contribution in [1.82, 2.24) is 9.88 Å². The maximum Gasteiger partial charge on any atom is 0.254 e. The van der Waals surface area contributed by atoms with Gasteiger partial charge in [-0.15, -0.1) is 0 Å². The van der Waals surface area contributed by atoms with Crippen LogP contribution in [-0.2, 0) is 9.59 Å². The Morgan fingerprint density at radius 2 is 1.71 bits per heavy atom. The number of rotatable bonds is 6. The molecule has 0 aliphatic heterocycles. The second-order valence-electron chi connectivity index (χ2n) is 4.85. The van der Waals surface area contributed by atoms with Gasteiger partial charge in [0.2, 0.25) is 11.8 Å². The molecule has 1 aromatic rings. The number of primary amides is 2. The molecule has 0 bridgehead atoms. The van der Waals surface area contributed by atoms with E-state index >= 15 is 0 Å². The average Bonchev–Trinajstić information content (AvgIpc) is 2.35. The van der Waals surface area contributed by atoms with Gasteiger partial charge in [-0.25, -0.2) is 4.98 Å². The van der Waals surface area contributed by atoms with Crippen molar-refractivity contribution in [2.45, 2.75) is 19.8 Å². The van der Waals surface area contributed by atoms with E-state index in [0.29, 0.717) is 5.69 Å². The van der Waals surface area contributed by atoms with Gasteiger partial charge in [0.25, 0.3) is 5.91 Å². The summed E-state index contributed by atoms with van der Waals surface area (Å²) in [5.74, 6) is -1.97. The first-order valence-corrected chi connectivity index (χ1v) is 6.62. The first kappa shape index (κ1) is 16.9. The molecule has 1 heterocycles. The summed E-state index contributed by atoms with van der Waals surface area (Å²) in [6.07, 6.45) is 0. The summed E-state index contributed by atoms with van der Waals surface area (Å²) in [6, 6.07) is 2.93. The normalized spacial score (nSPS) is 10.5. The summed E-state index contributed by atoms with van der Waals surface area (Å²) in [5, 5.41) is 0.155. The predicted octanol–water partition coefficient (Wildman–Crippen LogP) is 0.271. The van der Waals surface area contributed by atoms with E-state index in [1.54, 1.807) is 6.07 Å². The van der Waals surface area contributed by atoms with E-state index in [1.807, 2.05) is 13.8 Å². The van der Waals surface area contributed by atoms with E-state index < -0.39 is 30.8 Å². The van der Waals surface area contributed by atoms with Gasteiger partial charge in [0.15, 0.2) is 0 Å². The molecule has 0 aromatic carbocycles. The molecule has 4 N–H and O–H groups in total. The molecule has 8 heteroatoms. The predicted molar refractivity (Wildman–Crippen MR) is 77.6 cm³/mol. The number of nitrogens with zero attached hydrogens (tertiary/aromatic N) is 2. The zero-order chi connectivity index (χ0) is 16.2. The van der Waals surface area contributed by atoms with E-state index in [-0.39, 0.29) is 16.6 Å². The van der Waals surface area contributed by atoms with Crippen LogP contribution >= 0.6 is 11.6 Å². The third kappa shape index (κ3) is 5.03. The van der Waals surface area contributed by atoms with Gasteiger partial charge >= 0.3 is 0 Å². The molecule has 0 saturated heterocycles. The van der Waals surface area contributed by atoms with Gasteiger partial charge in [0.05, 0.1) is 0 Å². The molecular weight excluding hydrogens is 296 g/mol. The Balaban J connectivity index is 3.13. The van der Waals surface area contributed by atoms with Gasteiger partial charge in [0, 0.05) is 11.3 Å². The Hall–Kier alpha value is -2.15. The molecule has 1 aromatic heterocycles. The number of aromatic nitrogens is 1. The van der Waals surface area contributed by atoms with Crippen LogP contribution in [0.2, 0.25) is 5.15 Å². The quantitative estimate of drug-likeness (QED) is 0.732. The molecule has 21 heavy (non-hydrogen) atoms. The third-order valence-corrected chi connectivity index (χ3v) is 2.83. The number of carbonyl (C=O) groups is 3. The highest BCUT2D eigenvalue weighted by Gasteiger charge is 2.21. The van der Waals surface area contributed by atoms with Crippen molar-refractivity contribution in [3.63, 3.8) is 0 Å². The van der Waals surface area contributed by atoms with Crippen LogP contribution in [0.5, 0.6) is 0 Å². The maximum atomic E-state index is 12.4. The highest BCUT2D eigenvalue weighted by Crippen LogP contribution is 2.18. The lowest BCUT2D eigenvalue weighted by Gasteiger charge is -2.20. The Morgan fingerprint density at radius 1 is 1.19 bits per heavy atom. The van der Waals surface area contributed by atoms with Crippen LogP contribution in [0, 0.1) is 0 Å². The fraction of sp³-hybridized carbons (Fsp3) is 0.385. The molecule has 0 radical (unpaired) electrons. The zero-order valence-corrected chi connectivity index (χ0v) is 12.6. The fourth-order valence-corrected chi connectivity index (χ4v) is 1.91. The van der Waals surface area contributed by atoms with Crippen molar-refractivity contribution >= 4 is 29.3 Å². The summed E-state index contributed by atoms with van der Waals surface area (Å²) in [7, 11) is 0. The van der Waals surface area contributed by atoms with Crippen molar-refractivity contribution in [2.24, 2.45) is 11.5 Å². The monoisotopic (exact) mass is 312 g/mol. The van der Waals surface area contributed by atoms with Crippen LogP contribution < -0.4 is 11.5 Å². The minimum atomic E-state index is -0.742. The van der Waals surface area contributed by atoms with Crippen molar-refractivity contribution in [3.05, 3.63) is 28.5 Å². The number of hydrogen-bond acceptors (Lipinski definition) is 4. The van der Waals surface area contributed by atoms with E-state index in [9.17, 15) is 14.4 Å². The summed E-state index contributed by atoms with van der Waals surface area (Å²) < 4.78 is 0. The van der Waals surface area contributed by atoms with Gasteiger partial charge in [0.1, 0.15) is 18.2 Å². The van der Waals surface area contributed by atoms with E-state index in [1.165, 1.54) is 6.07 Å². The molecule has 0 saturated carbocycles. The Bertz CT molecular complexity index is 559. The van der Waals surface area contributed by atoms with Gasteiger partial charge in [-0.05, 0) is 18.1 Å².